The summed E-state index contributed by atoms with van der Waals surface area (Å²) in [5, 5.41) is 6.96. The average Bonchev–Trinajstić information content (AvgIpc) is 3.15. The first kappa shape index (κ1) is 17.6. The molecule has 1 aliphatic heterocycles. The highest BCUT2D eigenvalue weighted by atomic mass is 32.2. The number of nitrogens with one attached hydrogen (secondary N) is 1. The molecule has 0 unspecified atom stereocenters. The van der Waals surface area contributed by atoms with E-state index < -0.39 is 21.8 Å². The number of amides is 1. The fourth-order valence-electron chi connectivity index (χ4n) is 2.87. The zero-order valence-corrected chi connectivity index (χ0v) is 14.8. The van der Waals surface area contributed by atoms with E-state index in [1.54, 1.807) is 24.9 Å². The van der Waals surface area contributed by atoms with Crippen molar-refractivity contribution in [2.75, 3.05) is 18.4 Å². The first-order chi connectivity index (χ1) is 11.8. The number of aryl methyl sites for hydroxylation is 2. The third kappa shape index (κ3) is 3.57. The van der Waals surface area contributed by atoms with Crippen molar-refractivity contribution < 1.29 is 17.6 Å². The molecule has 1 fully saturated rings. The minimum Gasteiger partial charge on any atom is -0.323 e. The number of sulfonamides is 1. The number of hydrogen-bond acceptors (Lipinski definition) is 4. The molecule has 1 atom stereocenters. The van der Waals surface area contributed by atoms with Crippen LogP contribution in [0.3, 0.4) is 0 Å². The zero-order valence-electron chi connectivity index (χ0n) is 13.9. The molecule has 3 rings (SSSR count). The Labute approximate surface area is 145 Å². The molecule has 0 spiro atoms. The Morgan fingerprint density at radius 1 is 1.32 bits per heavy atom. The van der Waals surface area contributed by atoms with Crippen LogP contribution in [0.4, 0.5) is 10.1 Å². The summed E-state index contributed by atoms with van der Waals surface area (Å²) >= 11 is 0. The molecular weight excluding hydrogens is 347 g/mol. The number of carbonyl (C=O) groups is 1. The van der Waals surface area contributed by atoms with Gasteiger partial charge in [-0.1, -0.05) is 0 Å². The molecule has 0 saturated carbocycles. The van der Waals surface area contributed by atoms with Crippen LogP contribution in [-0.2, 0) is 21.9 Å². The van der Waals surface area contributed by atoms with Crippen molar-refractivity contribution in [3.63, 3.8) is 0 Å². The second-order valence-electron chi connectivity index (χ2n) is 6.09. The molecule has 1 aliphatic rings. The molecule has 0 bridgehead atoms. The lowest BCUT2D eigenvalue weighted by Crippen LogP contribution is -2.31. The van der Waals surface area contributed by atoms with E-state index in [4.69, 9.17) is 0 Å². The molecule has 1 saturated heterocycles. The highest BCUT2D eigenvalue weighted by Crippen LogP contribution is 2.26. The number of rotatable bonds is 4. The molecule has 1 amide bonds. The molecule has 9 heteroatoms. The van der Waals surface area contributed by atoms with Crippen LogP contribution in [0, 0.1) is 18.7 Å². The highest BCUT2D eigenvalue weighted by Gasteiger charge is 2.36. The molecule has 1 N–H and O–H groups in total. The summed E-state index contributed by atoms with van der Waals surface area (Å²) in [4.78, 5) is 12.4. The van der Waals surface area contributed by atoms with E-state index in [9.17, 15) is 17.6 Å². The van der Waals surface area contributed by atoms with Crippen molar-refractivity contribution in [1.82, 2.24) is 14.1 Å². The van der Waals surface area contributed by atoms with Gasteiger partial charge in [-0.2, -0.15) is 9.40 Å². The standard InChI is InChI=1S/C16H19FN4O3S/c1-11-15(10-20(2)19-11)18-16(22)12-7-8-21(9-12)25(23,24)14-5-3-13(17)4-6-14/h3-6,10,12H,7-9H2,1-2H3,(H,18,22)/t12-/m0/s1. The molecule has 25 heavy (non-hydrogen) atoms. The molecule has 0 aliphatic carbocycles. The lowest BCUT2D eigenvalue weighted by molar-refractivity contribution is -0.119. The molecule has 2 heterocycles. The van der Waals surface area contributed by atoms with Gasteiger partial charge in [0.25, 0.3) is 0 Å². The van der Waals surface area contributed by atoms with Crippen LogP contribution in [0.15, 0.2) is 35.4 Å². The highest BCUT2D eigenvalue weighted by molar-refractivity contribution is 7.89. The summed E-state index contributed by atoms with van der Waals surface area (Å²) in [6, 6.07) is 4.69. The maximum atomic E-state index is 13.0. The van der Waals surface area contributed by atoms with E-state index in [1.165, 1.54) is 16.4 Å². The topological polar surface area (TPSA) is 84.3 Å². The Kier molecular flexibility index (Phi) is 4.61. The Morgan fingerprint density at radius 2 is 2.00 bits per heavy atom. The van der Waals surface area contributed by atoms with Gasteiger partial charge in [-0.25, -0.2) is 12.8 Å². The number of nitrogens with zero attached hydrogens (tertiary/aromatic N) is 3. The van der Waals surface area contributed by atoms with Crippen LogP contribution in [0.25, 0.3) is 0 Å². The number of benzene rings is 1. The van der Waals surface area contributed by atoms with E-state index in [0.717, 1.165) is 12.1 Å². The fraction of sp³-hybridized carbons (Fsp3) is 0.375. The molecule has 7 nitrogen and oxygen atoms in total. The van der Waals surface area contributed by atoms with Gasteiger partial charge < -0.3 is 5.32 Å². The molecule has 1 aromatic carbocycles. The normalized spacial score (nSPS) is 18.4. The largest absolute Gasteiger partial charge is 0.323 e. The van der Waals surface area contributed by atoms with Crippen LogP contribution in [-0.4, -0.2) is 41.5 Å². The van der Waals surface area contributed by atoms with Gasteiger partial charge in [0.15, 0.2) is 0 Å². The number of hydrogen-bond donors (Lipinski definition) is 1. The number of anilines is 1. The second-order valence-corrected chi connectivity index (χ2v) is 8.03. The van der Waals surface area contributed by atoms with Gasteiger partial charge in [-0.3, -0.25) is 9.48 Å². The fourth-order valence-corrected chi connectivity index (χ4v) is 4.37. The Morgan fingerprint density at radius 3 is 2.60 bits per heavy atom. The molecule has 1 aromatic heterocycles. The predicted octanol–water partition coefficient (Wildman–Crippen LogP) is 1.52. The van der Waals surface area contributed by atoms with Crippen LogP contribution in [0.2, 0.25) is 0 Å². The van der Waals surface area contributed by atoms with Gasteiger partial charge in [-0.15, -0.1) is 0 Å². The summed E-state index contributed by atoms with van der Waals surface area (Å²) in [6.45, 7) is 2.14. The third-order valence-electron chi connectivity index (χ3n) is 4.24. The smallest absolute Gasteiger partial charge is 0.243 e. The summed E-state index contributed by atoms with van der Waals surface area (Å²) in [5.74, 6) is -1.16. The van der Waals surface area contributed by atoms with Gasteiger partial charge in [0.05, 0.1) is 22.2 Å². The van der Waals surface area contributed by atoms with Crippen molar-refractivity contribution in [2.45, 2.75) is 18.2 Å². The molecular formula is C16H19FN4O3S. The minimum atomic E-state index is -3.73. The number of aromatic nitrogens is 2. The summed E-state index contributed by atoms with van der Waals surface area (Å²) in [7, 11) is -1.97. The first-order valence-corrected chi connectivity index (χ1v) is 9.28. The maximum absolute atomic E-state index is 13.0. The quantitative estimate of drug-likeness (QED) is 0.889. The van der Waals surface area contributed by atoms with Crippen LogP contribution >= 0.6 is 0 Å². The third-order valence-corrected chi connectivity index (χ3v) is 6.12. The summed E-state index contributed by atoms with van der Waals surface area (Å²) in [6.07, 6.45) is 2.14. The van der Waals surface area contributed by atoms with E-state index in [0.29, 0.717) is 17.8 Å². The Hall–Kier alpha value is -2.26. The van der Waals surface area contributed by atoms with Crippen molar-refractivity contribution >= 4 is 21.6 Å². The van der Waals surface area contributed by atoms with E-state index in [-0.39, 0.29) is 23.9 Å². The van der Waals surface area contributed by atoms with Gasteiger partial charge in [0.1, 0.15) is 5.82 Å². The maximum Gasteiger partial charge on any atom is 0.243 e. The average molecular weight is 366 g/mol. The van der Waals surface area contributed by atoms with E-state index >= 15 is 0 Å². The van der Waals surface area contributed by atoms with Crippen LogP contribution in [0.5, 0.6) is 0 Å². The van der Waals surface area contributed by atoms with Gasteiger partial charge in [0, 0.05) is 26.3 Å². The Balaban J connectivity index is 1.69. The van der Waals surface area contributed by atoms with Crippen LogP contribution < -0.4 is 5.32 Å². The predicted molar refractivity (Wildman–Crippen MR) is 89.8 cm³/mol. The van der Waals surface area contributed by atoms with Crippen molar-refractivity contribution in [3.05, 3.63) is 42.0 Å². The lowest BCUT2D eigenvalue weighted by atomic mass is 10.1. The molecule has 0 radical (unpaired) electrons. The minimum absolute atomic E-state index is 0.0260. The Bertz CT molecular complexity index is 893. The van der Waals surface area contributed by atoms with Crippen molar-refractivity contribution in [3.8, 4) is 0 Å². The summed E-state index contributed by atoms with van der Waals surface area (Å²) in [5.41, 5.74) is 1.32. The number of halogens is 1. The van der Waals surface area contributed by atoms with Crippen molar-refractivity contribution in [1.29, 1.82) is 0 Å². The first-order valence-electron chi connectivity index (χ1n) is 7.84. The van der Waals surface area contributed by atoms with Gasteiger partial charge >= 0.3 is 0 Å². The SMILES string of the molecule is Cc1nn(C)cc1NC(=O)[C@H]1CCN(S(=O)(=O)c2ccc(F)cc2)C1. The van der Waals surface area contributed by atoms with Gasteiger partial charge in [-0.05, 0) is 37.6 Å². The van der Waals surface area contributed by atoms with Crippen molar-refractivity contribution in [2.24, 2.45) is 13.0 Å². The summed E-state index contributed by atoms with van der Waals surface area (Å²) < 4.78 is 41.0. The zero-order chi connectivity index (χ0) is 18.2. The van der Waals surface area contributed by atoms with Gasteiger partial charge in [0.2, 0.25) is 15.9 Å². The van der Waals surface area contributed by atoms with E-state index in [1.807, 2.05) is 0 Å². The molecule has 2 aromatic rings. The lowest BCUT2D eigenvalue weighted by Gasteiger charge is -2.16. The van der Waals surface area contributed by atoms with Crippen LogP contribution in [0.1, 0.15) is 12.1 Å². The van der Waals surface area contributed by atoms with E-state index in [2.05, 4.69) is 10.4 Å². The number of carbonyl (C=O) groups excluding carboxylic acids is 1. The molecule has 134 valence electrons. The monoisotopic (exact) mass is 366 g/mol. The second kappa shape index (κ2) is 6.57.